The normalized spacial score (nSPS) is 16.3. The molecule has 23 heavy (non-hydrogen) atoms. The van der Waals surface area contributed by atoms with Crippen LogP contribution in [-0.2, 0) is 0 Å². The van der Waals surface area contributed by atoms with Crippen LogP contribution in [0.3, 0.4) is 0 Å². The Labute approximate surface area is 166 Å². The lowest BCUT2D eigenvalue weighted by atomic mass is 9.89. The summed E-state index contributed by atoms with van der Waals surface area (Å²) in [6.45, 7) is 0. The van der Waals surface area contributed by atoms with Gasteiger partial charge in [0, 0.05) is 15.1 Å². The molecule has 0 radical (unpaired) electrons. The molecule has 0 spiro atoms. The summed E-state index contributed by atoms with van der Waals surface area (Å²) in [6.07, 6.45) is 7.65. The van der Waals surface area contributed by atoms with Crippen LogP contribution in [0, 0.1) is 11.9 Å². The Morgan fingerprint density at radius 1 is 1.30 bits per heavy atom. The van der Waals surface area contributed by atoms with Crippen LogP contribution in [0.1, 0.15) is 49.4 Å². The van der Waals surface area contributed by atoms with Crippen molar-refractivity contribution in [2.75, 3.05) is 0 Å². The summed E-state index contributed by atoms with van der Waals surface area (Å²) >= 11 is 9.65. The molecular formula is C15H16I2N4OS. The third-order valence-corrected chi connectivity index (χ3v) is 5.73. The third kappa shape index (κ3) is 3.95. The average Bonchev–Trinajstić information content (AvgIpc) is 2.91. The highest BCUT2D eigenvalue weighted by Crippen LogP contribution is 2.31. The monoisotopic (exact) mass is 554 g/mol. The lowest BCUT2D eigenvalue weighted by molar-refractivity contribution is 0.419. The number of benzene rings is 1. The molecule has 1 saturated carbocycles. The second-order valence-electron chi connectivity index (χ2n) is 5.60. The van der Waals surface area contributed by atoms with Crippen LogP contribution >= 0.6 is 57.4 Å². The van der Waals surface area contributed by atoms with Crippen LogP contribution < -0.4 is 0 Å². The van der Waals surface area contributed by atoms with Crippen LogP contribution in [0.15, 0.2) is 17.2 Å². The fraction of sp³-hybridized carbons (Fsp3) is 0.400. The number of aromatic nitrogens is 3. The van der Waals surface area contributed by atoms with Crippen molar-refractivity contribution in [3.8, 4) is 5.75 Å². The smallest absolute Gasteiger partial charge is 0.216 e. The second kappa shape index (κ2) is 7.60. The van der Waals surface area contributed by atoms with E-state index in [0.717, 1.165) is 25.8 Å². The molecule has 2 N–H and O–H groups in total. The largest absolute Gasteiger partial charge is 0.506 e. The first-order valence-electron chi connectivity index (χ1n) is 7.46. The van der Waals surface area contributed by atoms with Gasteiger partial charge in [0.15, 0.2) is 5.82 Å². The van der Waals surface area contributed by atoms with Crippen LogP contribution in [0.5, 0.6) is 5.75 Å². The molecule has 1 fully saturated rings. The molecule has 1 aromatic heterocycles. The van der Waals surface area contributed by atoms with E-state index in [4.69, 9.17) is 12.2 Å². The first kappa shape index (κ1) is 17.3. The molecule has 0 atom stereocenters. The number of rotatable bonds is 3. The lowest BCUT2D eigenvalue weighted by Crippen LogP contribution is -2.10. The number of phenols is 1. The van der Waals surface area contributed by atoms with Crippen molar-refractivity contribution in [1.29, 1.82) is 0 Å². The van der Waals surface area contributed by atoms with Crippen molar-refractivity contribution in [3.63, 3.8) is 0 Å². The first-order chi connectivity index (χ1) is 11.1. The predicted molar refractivity (Wildman–Crippen MR) is 110 cm³/mol. The number of aromatic hydroxyl groups is 1. The fourth-order valence-electron chi connectivity index (χ4n) is 2.84. The van der Waals surface area contributed by atoms with Gasteiger partial charge in [0.25, 0.3) is 0 Å². The van der Waals surface area contributed by atoms with E-state index >= 15 is 0 Å². The number of nitrogens with one attached hydrogen (secondary N) is 1. The molecule has 1 aliphatic carbocycles. The molecule has 3 rings (SSSR count). The number of aromatic amines is 1. The standard InChI is InChI=1S/C15H16I2N4OS/c16-11-6-10(13(22)12(17)7-11)8-18-21-14(19-20-15(21)23)9-4-2-1-3-5-9/h6-9,22H,1-5H2,(H,20,23)/b18-8-. The minimum absolute atomic E-state index is 0.240. The molecule has 8 heteroatoms. The van der Waals surface area contributed by atoms with E-state index in [-0.39, 0.29) is 5.75 Å². The van der Waals surface area contributed by atoms with Crippen molar-refractivity contribution in [1.82, 2.24) is 14.9 Å². The van der Waals surface area contributed by atoms with Gasteiger partial charge < -0.3 is 5.11 Å². The summed E-state index contributed by atoms with van der Waals surface area (Å²) in [6, 6.07) is 3.82. The summed E-state index contributed by atoms with van der Waals surface area (Å²) in [5.74, 6) is 1.54. The number of hydrogen-bond donors (Lipinski definition) is 2. The molecular weight excluding hydrogens is 538 g/mol. The molecule has 1 heterocycles. The number of nitrogens with zero attached hydrogens (tertiary/aromatic N) is 3. The third-order valence-electron chi connectivity index (χ3n) is 4.02. The second-order valence-corrected chi connectivity index (χ2v) is 8.40. The minimum atomic E-state index is 0.240. The number of halogens is 2. The first-order valence-corrected chi connectivity index (χ1v) is 10.0. The Kier molecular flexibility index (Phi) is 5.73. The Morgan fingerprint density at radius 2 is 2.04 bits per heavy atom. The number of hydrogen-bond acceptors (Lipinski definition) is 4. The van der Waals surface area contributed by atoms with Gasteiger partial charge in [-0.15, -0.1) is 0 Å². The van der Waals surface area contributed by atoms with Gasteiger partial charge in [-0.05, 0) is 82.4 Å². The SMILES string of the molecule is Oc1c(I)cc(I)cc1/C=N\n1c(C2CCCCC2)n[nH]c1=S. The number of phenolic OH excluding ortho intramolecular Hbond substituents is 1. The molecule has 122 valence electrons. The quantitative estimate of drug-likeness (QED) is 0.326. The van der Waals surface area contributed by atoms with Crippen molar-refractivity contribution >= 4 is 63.6 Å². The summed E-state index contributed by atoms with van der Waals surface area (Å²) in [5.41, 5.74) is 0.680. The van der Waals surface area contributed by atoms with Crippen LogP contribution in [-0.4, -0.2) is 26.2 Å². The Hall–Kier alpha value is -0.490. The van der Waals surface area contributed by atoms with Crippen molar-refractivity contribution in [2.24, 2.45) is 5.10 Å². The molecule has 1 aromatic carbocycles. The molecule has 1 aliphatic rings. The summed E-state index contributed by atoms with van der Waals surface area (Å²) in [4.78, 5) is 0. The minimum Gasteiger partial charge on any atom is -0.506 e. The van der Waals surface area contributed by atoms with Crippen molar-refractivity contribution in [2.45, 2.75) is 38.0 Å². The van der Waals surface area contributed by atoms with E-state index in [2.05, 4.69) is 60.5 Å². The fourth-order valence-corrected chi connectivity index (χ4v) is 4.92. The van der Waals surface area contributed by atoms with Gasteiger partial charge in [-0.2, -0.15) is 14.9 Å². The topological polar surface area (TPSA) is 66.2 Å². The Morgan fingerprint density at radius 3 is 2.78 bits per heavy atom. The maximum atomic E-state index is 10.2. The van der Waals surface area contributed by atoms with E-state index < -0.39 is 0 Å². The molecule has 0 saturated heterocycles. The highest BCUT2D eigenvalue weighted by Gasteiger charge is 2.21. The lowest BCUT2D eigenvalue weighted by Gasteiger charge is -2.19. The van der Waals surface area contributed by atoms with Crippen LogP contribution in [0.4, 0.5) is 0 Å². The molecule has 0 bridgehead atoms. The molecule has 2 aromatic rings. The molecule has 0 aliphatic heterocycles. The van der Waals surface area contributed by atoms with Gasteiger partial charge in [-0.3, -0.25) is 5.10 Å². The van der Waals surface area contributed by atoms with Crippen LogP contribution in [0.2, 0.25) is 0 Å². The average molecular weight is 554 g/mol. The zero-order valence-corrected chi connectivity index (χ0v) is 17.4. The van der Waals surface area contributed by atoms with E-state index in [0.29, 0.717) is 16.3 Å². The molecule has 0 unspecified atom stereocenters. The predicted octanol–water partition coefficient (Wildman–Crippen LogP) is 4.79. The van der Waals surface area contributed by atoms with Gasteiger partial charge in [0.1, 0.15) is 5.75 Å². The van der Waals surface area contributed by atoms with Crippen LogP contribution in [0.25, 0.3) is 0 Å². The van der Waals surface area contributed by atoms with E-state index in [9.17, 15) is 5.11 Å². The van der Waals surface area contributed by atoms with Crippen molar-refractivity contribution < 1.29 is 5.11 Å². The molecule has 0 amide bonds. The van der Waals surface area contributed by atoms with Gasteiger partial charge in [0.05, 0.1) is 9.78 Å². The Balaban J connectivity index is 1.94. The van der Waals surface area contributed by atoms with E-state index in [1.54, 1.807) is 10.9 Å². The maximum absolute atomic E-state index is 10.2. The van der Waals surface area contributed by atoms with Gasteiger partial charge in [-0.25, -0.2) is 0 Å². The maximum Gasteiger partial charge on any atom is 0.216 e. The van der Waals surface area contributed by atoms with Gasteiger partial charge >= 0.3 is 0 Å². The highest BCUT2D eigenvalue weighted by molar-refractivity contribution is 14.1. The molecule has 5 nitrogen and oxygen atoms in total. The zero-order chi connectivity index (χ0) is 16.4. The van der Waals surface area contributed by atoms with Gasteiger partial charge in [-0.1, -0.05) is 19.3 Å². The van der Waals surface area contributed by atoms with Gasteiger partial charge in [0.2, 0.25) is 4.77 Å². The summed E-state index contributed by atoms with van der Waals surface area (Å²) in [7, 11) is 0. The zero-order valence-electron chi connectivity index (χ0n) is 12.3. The highest BCUT2D eigenvalue weighted by atomic mass is 127. The van der Waals surface area contributed by atoms with E-state index in [1.165, 1.54) is 19.3 Å². The summed E-state index contributed by atoms with van der Waals surface area (Å²) < 4.78 is 4.03. The Bertz CT molecular complexity index is 793. The van der Waals surface area contributed by atoms with Crippen molar-refractivity contribution in [3.05, 3.63) is 35.4 Å². The van der Waals surface area contributed by atoms with E-state index in [1.807, 2.05) is 12.1 Å². The summed E-state index contributed by atoms with van der Waals surface area (Å²) in [5, 5.41) is 21.9. The number of H-pyrrole nitrogens is 1.